The molecule has 2 aromatic rings. The molecule has 0 spiro atoms. The molecule has 1 aliphatic rings. The van der Waals surface area contributed by atoms with Crippen molar-refractivity contribution in [1.82, 2.24) is 5.01 Å². The molecule has 1 atom stereocenters. The molecular formula is C22H23F3N2O3. The number of benzene rings is 2. The Morgan fingerprint density at radius 2 is 1.77 bits per heavy atom. The second kappa shape index (κ2) is 7.43. The first-order valence-corrected chi connectivity index (χ1v) is 9.33. The minimum Gasteiger partial charge on any atom is -0.497 e. The fourth-order valence-electron chi connectivity index (χ4n) is 3.25. The molecule has 0 saturated heterocycles. The van der Waals surface area contributed by atoms with Gasteiger partial charge in [0, 0.05) is 11.1 Å². The normalized spacial score (nSPS) is 19.6. The number of hydrogen-bond donors (Lipinski definition) is 1. The Bertz CT molecular complexity index is 978. The zero-order valence-electron chi connectivity index (χ0n) is 17.1. The van der Waals surface area contributed by atoms with E-state index in [1.807, 2.05) is 20.8 Å². The topological polar surface area (TPSA) is 62.1 Å². The molecule has 1 heterocycles. The highest BCUT2D eigenvalue weighted by Gasteiger charge is 2.53. The molecule has 1 aliphatic heterocycles. The van der Waals surface area contributed by atoms with E-state index in [-0.39, 0.29) is 16.5 Å². The number of halogens is 3. The quantitative estimate of drug-likeness (QED) is 0.789. The SMILES string of the molecule is COc1cccc([C@@]2(O)CC(C(F)(F)F)=NN2C(=O)c2ccc(C(C)(C)C)cc2)c1. The molecule has 2 aromatic carbocycles. The third kappa shape index (κ3) is 4.05. The summed E-state index contributed by atoms with van der Waals surface area (Å²) in [5, 5.41) is 15.2. The molecule has 0 bridgehead atoms. The van der Waals surface area contributed by atoms with Crippen LogP contribution in [-0.2, 0) is 11.1 Å². The van der Waals surface area contributed by atoms with Gasteiger partial charge >= 0.3 is 6.18 Å². The summed E-state index contributed by atoms with van der Waals surface area (Å²) in [5.41, 5.74) is -2.52. The van der Waals surface area contributed by atoms with Crippen molar-refractivity contribution < 1.29 is 27.8 Å². The second-order valence-corrected chi connectivity index (χ2v) is 8.21. The van der Waals surface area contributed by atoms with Crippen LogP contribution in [0.2, 0.25) is 0 Å². The molecule has 0 fully saturated rings. The van der Waals surface area contributed by atoms with Crippen LogP contribution >= 0.6 is 0 Å². The van der Waals surface area contributed by atoms with Crippen molar-refractivity contribution in [3.05, 3.63) is 65.2 Å². The van der Waals surface area contributed by atoms with Gasteiger partial charge in [0.2, 0.25) is 0 Å². The summed E-state index contributed by atoms with van der Waals surface area (Å²) in [5.74, 6) is -0.497. The minimum absolute atomic E-state index is 0.0736. The number of nitrogens with zero attached hydrogens (tertiary/aromatic N) is 2. The van der Waals surface area contributed by atoms with Gasteiger partial charge < -0.3 is 9.84 Å². The Hall–Kier alpha value is -2.87. The lowest BCUT2D eigenvalue weighted by Gasteiger charge is -2.31. The first kappa shape index (κ1) is 21.8. The molecule has 0 aliphatic carbocycles. The van der Waals surface area contributed by atoms with Crippen LogP contribution < -0.4 is 4.74 Å². The van der Waals surface area contributed by atoms with Gasteiger partial charge in [-0.2, -0.15) is 23.3 Å². The lowest BCUT2D eigenvalue weighted by Crippen LogP contribution is -2.43. The first-order chi connectivity index (χ1) is 13.9. The van der Waals surface area contributed by atoms with E-state index in [4.69, 9.17) is 4.74 Å². The van der Waals surface area contributed by atoms with Gasteiger partial charge in [0.1, 0.15) is 11.5 Å². The standard InChI is InChI=1S/C22H23F3N2O3/c1-20(2,3)15-10-8-14(9-11-15)19(28)27-21(29,13-18(26-27)22(23,24)25)16-6-5-7-17(12-16)30-4/h5-12,29H,13H2,1-4H3/t21-/m0/s1. The fraction of sp³-hybridized carbons (Fsp3) is 0.364. The summed E-state index contributed by atoms with van der Waals surface area (Å²) in [6.45, 7) is 6.02. The van der Waals surface area contributed by atoms with E-state index in [0.29, 0.717) is 10.8 Å². The Kier molecular flexibility index (Phi) is 5.41. The smallest absolute Gasteiger partial charge is 0.431 e. The van der Waals surface area contributed by atoms with Crippen molar-refractivity contribution in [3.63, 3.8) is 0 Å². The van der Waals surface area contributed by atoms with Gasteiger partial charge in [0.25, 0.3) is 5.91 Å². The van der Waals surface area contributed by atoms with Crippen LogP contribution in [0.3, 0.4) is 0 Å². The van der Waals surface area contributed by atoms with Crippen LogP contribution in [0.5, 0.6) is 5.75 Å². The van der Waals surface area contributed by atoms with E-state index in [0.717, 1.165) is 5.56 Å². The van der Waals surface area contributed by atoms with Gasteiger partial charge in [-0.25, -0.2) is 0 Å². The molecule has 160 valence electrons. The van der Waals surface area contributed by atoms with Crippen LogP contribution in [0.15, 0.2) is 53.6 Å². The summed E-state index contributed by atoms with van der Waals surface area (Å²) in [6, 6.07) is 12.5. The Morgan fingerprint density at radius 1 is 1.13 bits per heavy atom. The maximum absolute atomic E-state index is 13.4. The maximum Gasteiger partial charge on any atom is 0.431 e. The third-order valence-electron chi connectivity index (χ3n) is 5.03. The molecule has 8 heteroatoms. The van der Waals surface area contributed by atoms with Crippen LogP contribution in [0.1, 0.15) is 48.7 Å². The molecule has 0 saturated carbocycles. The number of alkyl halides is 3. The summed E-state index contributed by atoms with van der Waals surface area (Å²) in [4.78, 5) is 13.1. The van der Waals surface area contributed by atoms with Crippen molar-refractivity contribution >= 4 is 11.6 Å². The van der Waals surface area contributed by atoms with Crippen LogP contribution in [0.4, 0.5) is 13.2 Å². The highest BCUT2D eigenvalue weighted by molar-refractivity contribution is 5.99. The predicted octanol–water partition coefficient (Wildman–Crippen LogP) is 4.60. The van der Waals surface area contributed by atoms with E-state index in [1.54, 1.807) is 18.2 Å². The van der Waals surface area contributed by atoms with E-state index in [9.17, 15) is 23.1 Å². The highest BCUT2D eigenvalue weighted by Crippen LogP contribution is 2.41. The second-order valence-electron chi connectivity index (χ2n) is 8.21. The van der Waals surface area contributed by atoms with E-state index in [2.05, 4.69) is 5.10 Å². The van der Waals surface area contributed by atoms with Gasteiger partial charge in [-0.15, -0.1) is 0 Å². The predicted molar refractivity (Wildman–Crippen MR) is 106 cm³/mol. The molecule has 30 heavy (non-hydrogen) atoms. The average Bonchev–Trinajstić information content (AvgIpc) is 3.06. The van der Waals surface area contributed by atoms with Crippen LogP contribution in [0.25, 0.3) is 0 Å². The van der Waals surface area contributed by atoms with Crippen molar-refractivity contribution in [1.29, 1.82) is 0 Å². The Balaban J connectivity index is 2.05. The number of aliphatic hydroxyl groups is 1. The summed E-state index contributed by atoms with van der Waals surface area (Å²) in [6.07, 6.45) is -5.66. The van der Waals surface area contributed by atoms with Crippen molar-refractivity contribution in [2.75, 3.05) is 7.11 Å². The first-order valence-electron chi connectivity index (χ1n) is 9.33. The minimum atomic E-state index is -4.78. The lowest BCUT2D eigenvalue weighted by molar-refractivity contribution is -0.0816. The van der Waals surface area contributed by atoms with Crippen molar-refractivity contribution in [2.45, 2.75) is 44.5 Å². The van der Waals surface area contributed by atoms with E-state index < -0.39 is 29.9 Å². The van der Waals surface area contributed by atoms with Gasteiger partial charge in [-0.05, 0) is 35.2 Å². The zero-order valence-corrected chi connectivity index (χ0v) is 17.1. The molecule has 1 amide bonds. The number of hydrogen-bond acceptors (Lipinski definition) is 4. The molecule has 1 N–H and O–H groups in total. The van der Waals surface area contributed by atoms with Gasteiger partial charge in [-0.3, -0.25) is 4.79 Å². The van der Waals surface area contributed by atoms with E-state index in [1.165, 1.54) is 37.4 Å². The molecule has 0 unspecified atom stereocenters. The number of carbonyl (C=O) groups excluding carboxylic acids is 1. The highest BCUT2D eigenvalue weighted by atomic mass is 19.4. The number of rotatable bonds is 3. The van der Waals surface area contributed by atoms with Crippen LogP contribution in [0, 0.1) is 0 Å². The lowest BCUT2D eigenvalue weighted by atomic mass is 9.86. The Labute approximate surface area is 172 Å². The molecule has 0 radical (unpaired) electrons. The summed E-state index contributed by atoms with van der Waals surface area (Å²) >= 11 is 0. The molecular weight excluding hydrogens is 397 g/mol. The summed E-state index contributed by atoms with van der Waals surface area (Å²) < 4.78 is 45.3. The van der Waals surface area contributed by atoms with Gasteiger partial charge in [0.05, 0.1) is 13.5 Å². The molecule has 0 aromatic heterocycles. The number of hydrazone groups is 1. The van der Waals surface area contributed by atoms with Crippen LogP contribution in [-0.4, -0.2) is 35.0 Å². The third-order valence-corrected chi connectivity index (χ3v) is 5.03. The fourth-order valence-corrected chi connectivity index (χ4v) is 3.25. The largest absolute Gasteiger partial charge is 0.497 e. The number of amides is 1. The van der Waals surface area contributed by atoms with Crippen molar-refractivity contribution in [2.24, 2.45) is 5.10 Å². The van der Waals surface area contributed by atoms with Gasteiger partial charge in [-0.1, -0.05) is 45.0 Å². The molecule has 3 rings (SSSR count). The van der Waals surface area contributed by atoms with E-state index >= 15 is 0 Å². The zero-order chi connectivity index (χ0) is 22.3. The van der Waals surface area contributed by atoms with Crippen molar-refractivity contribution in [3.8, 4) is 5.75 Å². The number of ether oxygens (including phenoxy) is 1. The molecule has 5 nitrogen and oxygen atoms in total. The number of methoxy groups -OCH3 is 1. The monoisotopic (exact) mass is 420 g/mol. The Morgan fingerprint density at radius 3 is 2.30 bits per heavy atom. The maximum atomic E-state index is 13.4. The average molecular weight is 420 g/mol. The van der Waals surface area contributed by atoms with Gasteiger partial charge in [0.15, 0.2) is 5.72 Å². The summed E-state index contributed by atoms with van der Waals surface area (Å²) in [7, 11) is 1.40. The number of carbonyl (C=O) groups is 1.